The minimum atomic E-state index is -4.43. The molecule has 0 saturated carbocycles. The predicted molar refractivity (Wildman–Crippen MR) is 132 cm³/mol. The molecule has 0 spiro atoms. The molecular weight excluding hydrogens is 507 g/mol. The number of nitrogen functional groups attached to an aromatic ring is 1. The first kappa shape index (κ1) is 24.2. The molecule has 2 aliphatic rings. The highest BCUT2D eigenvalue weighted by Crippen LogP contribution is 2.40. The van der Waals surface area contributed by atoms with E-state index in [1.54, 1.807) is 10.6 Å². The largest absolute Gasteiger partial charge is 0.616 e. The van der Waals surface area contributed by atoms with Gasteiger partial charge in [0.25, 0.3) is 0 Å². The fourth-order valence-electron chi connectivity index (χ4n) is 5.19. The molecule has 37 heavy (non-hydrogen) atoms. The van der Waals surface area contributed by atoms with Crippen LogP contribution in [-0.2, 0) is 28.0 Å². The van der Waals surface area contributed by atoms with Crippen molar-refractivity contribution in [2.24, 2.45) is 0 Å². The Kier molecular flexibility index (Phi) is 5.90. The summed E-state index contributed by atoms with van der Waals surface area (Å²) in [5, 5.41) is 8.27. The smallest absolute Gasteiger partial charge is 0.408 e. The van der Waals surface area contributed by atoms with E-state index in [0.717, 1.165) is 28.9 Å². The van der Waals surface area contributed by atoms with Crippen LogP contribution in [0.15, 0.2) is 48.9 Å². The standard InChI is InChI=1S/C24H24F3N7O2S/c25-24(26,27)12-33-19(4-5-30-33)18-11-20(34-21(18)22(28)29-15-31-34)16-2-1-3-17(10-16)23(13-36-14-23)32-6-8-37(35)9-7-32/h1-5,10-11,15H,6-9,12-14H2,(H2,28,29,31). The zero-order valence-corrected chi connectivity index (χ0v) is 20.5. The van der Waals surface area contributed by atoms with Crippen LogP contribution in [0.5, 0.6) is 0 Å². The summed E-state index contributed by atoms with van der Waals surface area (Å²) in [5.41, 5.74) is 9.57. The third-order valence-electron chi connectivity index (χ3n) is 7.06. The first-order valence-corrected chi connectivity index (χ1v) is 13.2. The summed E-state index contributed by atoms with van der Waals surface area (Å²) < 4.78 is 59.7. The second-order valence-electron chi connectivity index (χ2n) is 9.28. The van der Waals surface area contributed by atoms with Crippen molar-refractivity contribution in [2.75, 3.05) is 43.5 Å². The Morgan fingerprint density at radius 3 is 2.57 bits per heavy atom. The number of benzene rings is 1. The quantitative estimate of drug-likeness (QED) is 0.395. The molecule has 13 heteroatoms. The molecule has 0 aliphatic carbocycles. The second-order valence-corrected chi connectivity index (χ2v) is 11.0. The molecule has 4 aromatic rings. The van der Waals surface area contributed by atoms with Crippen molar-refractivity contribution in [3.8, 4) is 22.5 Å². The number of hydrogen-bond acceptors (Lipinski definition) is 7. The normalized spacial score (nSPS) is 18.8. The molecule has 9 nitrogen and oxygen atoms in total. The average Bonchev–Trinajstić information content (AvgIpc) is 3.44. The average molecular weight is 532 g/mol. The zero-order valence-electron chi connectivity index (χ0n) is 19.7. The highest BCUT2D eigenvalue weighted by molar-refractivity contribution is 7.91. The summed E-state index contributed by atoms with van der Waals surface area (Å²) in [5.74, 6) is 1.42. The van der Waals surface area contributed by atoms with Gasteiger partial charge in [-0.3, -0.25) is 9.58 Å². The summed E-state index contributed by atoms with van der Waals surface area (Å²) in [6.45, 7) is 1.30. The van der Waals surface area contributed by atoms with Gasteiger partial charge in [-0.1, -0.05) is 29.4 Å². The number of alkyl halides is 3. The summed E-state index contributed by atoms with van der Waals surface area (Å²) in [7, 11) is 0. The van der Waals surface area contributed by atoms with Crippen molar-refractivity contribution in [3.63, 3.8) is 0 Å². The van der Waals surface area contributed by atoms with E-state index >= 15 is 0 Å². The van der Waals surface area contributed by atoms with Gasteiger partial charge in [0.15, 0.2) is 5.82 Å². The SMILES string of the molecule is Nc1ncnn2c(-c3cccc(C4(N5CC[S+]([O-])CC5)COC4)c3)cc(-c3ccnn3CC(F)(F)F)c12. The van der Waals surface area contributed by atoms with E-state index < -0.39 is 23.9 Å². The molecule has 2 fully saturated rings. The fraction of sp³-hybridized carbons (Fsp3) is 0.375. The van der Waals surface area contributed by atoms with E-state index in [2.05, 4.69) is 32.2 Å². The van der Waals surface area contributed by atoms with E-state index in [0.29, 0.717) is 41.5 Å². The second kappa shape index (κ2) is 9.01. The molecule has 2 N–H and O–H groups in total. The Morgan fingerprint density at radius 2 is 1.86 bits per heavy atom. The molecule has 0 amide bonds. The van der Waals surface area contributed by atoms with E-state index in [4.69, 9.17) is 10.5 Å². The van der Waals surface area contributed by atoms with Crippen molar-refractivity contribution in [3.05, 3.63) is 54.5 Å². The molecule has 0 unspecified atom stereocenters. The Hall–Kier alpha value is -3.13. The number of halogens is 3. The van der Waals surface area contributed by atoms with E-state index in [1.165, 1.54) is 18.6 Å². The van der Waals surface area contributed by atoms with Crippen LogP contribution in [0.2, 0.25) is 0 Å². The molecular formula is C24H24F3N7O2S. The summed E-state index contributed by atoms with van der Waals surface area (Å²) in [6, 6.07) is 11.3. The van der Waals surface area contributed by atoms with Gasteiger partial charge in [-0.05, 0) is 23.8 Å². The van der Waals surface area contributed by atoms with Crippen molar-refractivity contribution in [1.29, 1.82) is 0 Å². The number of anilines is 1. The first-order chi connectivity index (χ1) is 17.7. The Balaban J connectivity index is 1.45. The molecule has 0 bridgehead atoms. The van der Waals surface area contributed by atoms with Crippen LogP contribution in [0.25, 0.3) is 28.0 Å². The lowest BCUT2D eigenvalue weighted by molar-refractivity contribution is -0.144. The maximum Gasteiger partial charge on any atom is 0.408 e. The van der Waals surface area contributed by atoms with Crippen LogP contribution < -0.4 is 5.73 Å². The lowest BCUT2D eigenvalue weighted by atomic mass is 9.84. The number of nitrogens with zero attached hydrogens (tertiary/aromatic N) is 6. The predicted octanol–water partition coefficient (Wildman–Crippen LogP) is 2.69. The van der Waals surface area contributed by atoms with Crippen LogP contribution in [0, 0.1) is 0 Å². The maximum absolute atomic E-state index is 13.2. The lowest BCUT2D eigenvalue weighted by Gasteiger charge is -2.51. The highest BCUT2D eigenvalue weighted by atomic mass is 32.2. The van der Waals surface area contributed by atoms with Crippen LogP contribution in [0.3, 0.4) is 0 Å². The molecule has 0 atom stereocenters. The third kappa shape index (κ3) is 4.25. The maximum atomic E-state index is 13.2. The van der Waals surface area contributed by atoms with Gasteiger partial charge in [0.2, 0.25) is 0 Å². The molecule has 194 valence electrons. The zero-order chi connectivity index (χ0) is 25.8. The summed E-state index contributed by atoms with van der Waals surface area (Å²) >= 11 is -0.792. The van der Waals surface area contributed by atoms with Gasteiger partial charge in [-0.15, -0.1) is 0 Å². The van der Waals surface area contributed by atoms with Gasteiger partial charge < -0.3 is 15.0 Å². The van der Waals surface area contributed by atoms with Crippen LogP contribution in [0.4, 0.5) is 19.0 Å². The van der Waals surface area contributed by atoms with E-state index in [-0.39, 0.29) is 17.1 Å². The highest BCUT2D eigenvalue weighted by Gasteiger charge is 2.47. The monoisotopic (exact) mass is 531 g/mol. The number of ether oxygens (including phenoxy) is 1. The van der Waals surface area contributed by atoms with Gasteiger partial charge in [0.1, 0.15) is 29.9 Å². The van der Waals surface area contributed by atoms with Crippen molar-refractivity contribution >= 4 is 22.5 Å². The minimum Gasteiger partial charge on any atom is -0.616 e. The van der Waals surface area contributed by atoms with Gasteiger partial charge in [0.05, 0.1) is 30.1 Å². The number of rotatable bonds is 5. The third-order valence-corrected chi connectivity index (χ3v) is 8.34. The number of aromatic nitrogens is 5. The van der Waals surface area contributed by atoms with Crippen LogP contribution >= 0.6 is 0 Å². The Morgan fingerprint density at radius 1 is 1.08 bits per heavy atom. The Bertz CT molecular complexity index is 1440. The molecule has 0 radical (unpaired) electrons. The number of fused-ring (bicyclic) bond motifs is 1. The van der Waals surface area contributed by atoms with Crippen LogP contribution in [0.1, 0.15) is 5.56 Å². The van der Waals surface area contributed by atoms with Gasteiger partial charge >= 0.3 is 6.18 Å². The van der Waals surface area contributed by atoms with E-state index in [1.807, 2.05) is 12.1 Å². The van der Waals surface area contributed by atoms with E-state index in [9.17, 15) is 17.7 Å². The molecule has 2 saturated heterocycles. The fourth-order valence-corrected chi connectivity index (χ4v) is 6.24. The molecule has 5 heterocycles. The summed E-state index contributed by atoms with van der Waals surface area (Å²) in [4.78, 5) is 6.42. The van der Waals surface area contributed by atoms with Gasteiger partial charge in [-0.2, -0.15) is 23.4 Å². The lowest BCUT2D eigenvalue weighted by Crippen LogP contribution is -2.62. The summed E-state index contributed by atoms with van der Waals surface area (Å²) in [6.07, 6.45) is -1.78. The molecule has 3 aromatic heterocycles. The van der Waals surface area contributed by atoms with Crippen LogP contribution in [-0.4, -0.2) is 77.8 Å². The number of nitrogens with two attached hydrogens (primary N) is 1. The topological polar surface area (TPSA) is 110 Å². The molecule has 2 aliphatic heterocycles. The molecule has 1 aromatic carbocycles. The van der Waals surface area contributed by atoms with Crippen molar-refractivity contribution in [1.82, 2.24) is 29.3 Å². The minimum absolute atomic E-state index is 0.150. The Labute approximate surface area is 213 Å². The number of hydrogen-bond donors (Lipinski definition) is 1. The van der Waals surface area contributed by atoms with Crippen molar-refractivity contribution in [2.45, 2.75) is 18.3 Å². The molecule has 6 rings (SSSR count). The van der Waals surface area contributed by atoms with Gasteiger partial charge in [-0.25, -0.2) is 9.50 Å². The first-order valence-electron chi connectivity index (χ1n) is 11.7. The van der Waals surface area contributed by atoms with Crippen molar-refractivity contribution < 1.29 is 22.5 Å². The van der Waals surface area contributed by atoms with Gasteiger partial charge in [0, 0.05) is 30.4 Å².